The minimum absolute atomic E-state index is 0.127. The lowest BCUT2D eigenvalue weighted by molar-refractivity contribution is -0.117. The Morgan fingerprint density at radius 2 is 2.03 bits per heavy atom. The molecule has 0 spiro atoms. The van der Waals surface area contributed by atoms with Crippen LogP contribution in [0.5, 0.6) is 5.75 Å². The quantitative estimate of drug-likeness (QED) is 0.325. The van der Waals surface area contributed by atoms with Crippen LogP contribution >= 0.6 is 11.8 Å². The summed E-state index contributed by atoms with van der Waals surface area (Å²) in [7, 11) is 0. The van der Waals surface area contributed by atoms with Gasteiger partial charge in [-0.3, -0.25) is 9.36 Å². The third-order valence-corrected chi connectivity index (χ3v) is 8.13. The summed E-state index contributed by atoms with van der Waals surface area (Å²) >= 11 is 1.77. The summed E-state index contributed by atoms with van der Waals surface area (Å²) in [6.45, 7) is 4.58. The number of nitrogens with zero attached hydrogens (tertiary/aromatic N) is 4. The third kappa shape index (κ3) is 3.62. The number of hydrogen-bond acceptors (Lipinski definition) is 6. The van der Waals surface area contributed by atoms with Crippen molar-refractivity contribution in [3.8, 4) is 16.9 Å². The normalized spacial score (nSPS) is 19.0. The van der Waals surface area contributed by atoms with Crippen LogP contribution in [-0.4, -0.2) is 33.0 Å². The van der Waals surface area contributed by atoms with Gasteiger partial charge >= 0.3 is 0 Å². The molecule has 8 heteroatoms. The van der Waals surface area contributed by atoms with E-state index in [-0.39, 0.29) is 11.9 Å². The average Bonchev–Trinajstić information content (AvgIpc) is 3.68. The second-order valence-corrected chi connectivity index (χ2v) is 10.6. The number of hydrogen-bond donors (Lipinski definition) is 0. The van der Waals surface area contributed by atoms with Crippen molar-refractivity contribution < 1.29 is 14.1 Å². The lowest BCUT2D eigenvalue weighted by atomic mass is 10.0. The number of carbonyl (C=O) groups excluding carboxylic acids is 1. The molecule has 5 heterocycles. The molecular formula is C29H26N4O3S. The van der Waals surface area contributed by atoms with Gasteiger partial charge < -0.3 is 14.2 Å². The van der Waals surface area contributed by atoms with Gasteiger partial charge in [-0.05, 0) is 79.3 Å². The van der Waals surface area contributed by atoms with E-state index in [9.17, 15) is 4.79 Å². The fourth-order valence-corrected chi connectivity index (χ4v) is 6.37. The number of allylic oxidation sites excluding steroid dienone is 2. The third-order valence-electron chi connectivity index (χ3n) is 7.45. The van der Waals surface area contributed by atoms with E-state index in [0.29, 0.717) is 13.0 Å². The number of aromatic nitrogens is 3. The van der Waals surface area contributed by atoms with Crippen LogP contribution in [-0.2, 0) is 11.2 Å². The van der Waals surface area contributed by atoms with Crippen LogP contribution in [0.25, 0.3) is 27.9 Å². The predicted octanol–water partition coefficient (Wildman–Crippen LogP) is 6.21. The number of fused-ring (bicyclic) bond motifs is 2. The van der Waals surface area contributed by atoms with Gasteiger partial charge in [-0.1, -0.05) is 11.2 Å². The van der Waals surface area contributed by atoms with Crippen molar-refractivity contribution in [2.24, 2.45) is 0 Å². The number of imidazole rings is 1. The molecule has 0 bridgehead atoms. The van der Waals surface area contributed by atoms with Gasteiger partial charge in [0.1, 0.15) is 17.3 Å². The Balaban J connectivity index is 1.39. The Labute approximate surface area is 218 Å². The smallest absolute Gasteiger partial charge is 0.227 e. The first kappa shape index (κ1) is 22.4. The van der Waals surface area contributed by atoms with E-state index < -0.39 is 0 Å². The van der Waals surface area contributed by atoms with Crippen molar-refractivity contribution in [2.45, 2.75) is 39.2 Å². The van der Waals surface area contributed by atoms with Crippen LogP contribution < -0.4 is 9.64 Å². The van der Waals surface area contributed by atoms with Crippen LogP contribution in [0.1, 0.15) is 41.7 Å². The van der Waals surface area contributed by atoms with Crippen molar-refractivity contribution in [2.75, 3.05) is 17.3 Å². The molecule has 4 aromatic rings. The molecule has 37 heavy (non-hydrogen) atoms. The topological polar surface area (TPSA) is 73.4 Å². The monoisotopic (exact) mass is 510 g/mol. The van der Waals surface area contributed by atoms with Gasteiger partial charge in [-0.25, -0.2) is 4.98 Å². The number of ether oxygens (including phenoxy) is 1. The van der Waals surface area contributed by atoms with Crippen molar-refractivity contribution in [3.63, 3.8) is 0 Å². The Morgan fingerprint density at radius 1 is 1.11 bits per heavy atom. The van der Waals surface area contributed by atoms with Gasteiger partial charge in [0.15, 0.2) is 0 Å². The van der Waals surface area contributed by atoms with E-state index in [2.05, 4.69) is 51.5 Å². The van der Waals surface area contributed by atoms with Crippen LogP contribution in [0.15, 0.2) is 58.5 Å². The molecule has 2 aromatic heterocycles. The van der Waals surface area contributed by atoms with Gasteiger partial charge in [-0.2, -0.15) is 0 Å². The maximum Gasteiger partial charge on any atom is 0.227 e. The summed E-state index contributed by atoms with van der Waals surface area (Å²) in [5.41, 5.74) is 7.96. The van der Waals surface area contributed by atoms with Crippen molar-refractivity contribution in [1.29, 1.82) is 0 Å². The minimum atomic E-state index is -0.160. The van der Waals surface area contributed by atoms with Gasteiger partial charge in [0.05, 0.1) is 29.4 Å². The SMILES string of the molecule is Cc1noc(C)c1-c1ccc2c(c1)nc([C@@H]1CCC(=O)N1c1ccc3c(c1)CCO3)n2C1=CCSC=C1. The maximum atomic E-state index is 13.3. The number of amides is 1. The van der Waals surface area contributed by atoms with Gasteiger partial charge in [-0.15, -0.1) is 11.8 Å². The zero-order valence-electron chi connectivity index (χ0n) is 20.7. The predicted molar refractivity (Wildman–Crippen MR) is 146 cm³/mol. The Kier molecular flexibility index (Phi) is 5.25. The summed E-state index contributed by atoms with van der Waals surface area (Å²) in [6.07, 6.45) is 6.45. The number of rotatable bonds is 4. The molecule has 3 aliphatic heterocycles. The summed E-state index contributed by atoms with van der Waals surface area (Å²) in [5, 5.41) is 6.26. The molecule has 1 fully saturated rings. The summed E-state index contributed by atoms with van der Waals surface area (Å²) in [4.78, 5) is 20.4. The highest BCUT2D eigenvalue weighted by Crippen LogP contribution is 2.42. The van der Waals surface area contributed by atoms with Crippen LogP contribution in [0, 0.1) is 13.8 Å². The molecule has 7 rings (SSSR count). The summed E-state index contributed by atoms with van der Waals surface area (Å²) < 4.78 is 13.4. The first-order valence-electron chi connectivity index (χ1n) is 12.6. The second-order valence-electron chi connectivity index (χ2n) is 9.68. The van der Waals surface area contributed by atoms with Crippen molar-refractivity contribution >= 4 is 40.1 Å². The molecule has 1 atom stereocenters. The molecule has 0 aliphatic carbocycles. The number of carbonyl (C=O) groups is 1. The molecule has 2 aromatic carbocycles. The largest absolute Gasteiger partial charge is 0.493 e. The minimum Gasteiger partial charge on any atom is -0.493 e. The Bertz CT molecular complexity index is 1610. The Hall–Kier alpha value is -3.78. The lowest BCUT2D eigenvalue weighted by Crippen LogP contribution is -2.29. The zero-order valence-corrected chi connectivity index (χ0v) is 21.5. The highest BCUT2D eigenvalue weighted by molar-refractivity contribution is 8.02. The zero-order chi connectivity index (χ0) is 25.1. The summed E-state index contributed by atoms with van der Waals surface area (Å²) in [6, 6.07) is 12.3. The molecule has 186 valence electrons. The van der Waals surface area contributed by atoms with Crippen LogP contribution in [0.2, 0.25) is 0 Å². The number of anilines is 1. The first-order chi connectivity index (χ1) is 18.1. The molecule has 0 radical (unpaired) electrons. The lowest BCUT2D eigenvalue weighted by Gasteiger charge is -2.26. The second kappa shape index (κ2) is 8.66. The molecule has 1 amide bonds. The van der Waals surface area contributed by atoms with E-state index in [1.807, 2.05) is 30.9 Å². The number of thioether (sulfide) groups is 1. The first-order valence-corrected chi connectivity index (χ1v) is 13.7. The highest BCUT2D eigenvalue weighted by atomic mass is 32.2. The fraction of sp³-hybridized carbons (Fsp3) is 0.276. The molecule has 7 nitrogen and oxygen atoms in total. The average molecular weight is 511 g/mol. The Morgan fingerprint density at radius 3 is 2.84 bits per heavy atom. The van der Waals surface area contributed by atoms with Crippen LogP contribution in [0.4, 0.5) is 5.69 Å². The fourth-order valence-electron chi connectivity index (χ4n) is 5.76. The van der Waals surface area contributed by atoms with Gasteiger partial charge in [0, 0.05) is 35.5 Å². The standard InChI is InChI=1S/C29H26N4O3S/c1-17-28(18(2)36-31-17)20-3-5-24-23(16-20)30-29(33(24)21-10-13-37-14-11-21)25-6-8-27(34)32(25)22-4-7-26-19(15-22)9-12-35-26/h3-5,7,10-11,13,15-16,25H,6,8-9,12,14H2,1-2H3/t25-/m0/s1. The molecule has 0 unspecified atom stereocenters. The maximum absolute atomic E-state index is 13.3. The highest BCUT2D eigenvalue weighted by Gasteiger charge is 2.37. The molecule has 1 saturated heterocycles. The van der Waals surface area contributed by atoms with E-state index >= 15 is 0 Å². The van der Waals surface area contributed by atoms with E-state index in [1.165, 1.54) is 0 Å². The number of aryl methyl sites for hydroxylation is 2. The van der Waals surface area contributed by atoms with Crippen molar-refractivity contribution in [1.82, 2.24) is 14.7 Å². The van der Waals surface area contributed by atoms with Gasteiger partial charge in [0.2, 0.25) is 5.91 Å². The van der Waals surface area contributed by atoms with E-state index in [0.717, 1.165) is 80.7 Å². The molecule has 0 N–H and O–H groups in total. The molecule has 0 saturated carbocycles. The summed E-state index contributed by atoms with van der Waals surface area (Å²) in [5.74, 6) is 3.62. The van der Waals surface area contributed by atoms with Crippen molar-refractivity contribution in [3.05, 3.63) is 76.8 Å². The van der Waals surface area contributed by atoms with E-state index in [4.69, 9.17) is 14.2 Å². The van der Waals surface area contributed by atoms with Gasteiger partial charge in [0.25, 0.3) is 0 Å². The van der Waals surface area contributed by atoms with Crippen LogP contribution in [0.3, 0.4) is 0 Å². The number of benzene rings is 2. The van der Waals surface area contributed by atoms with E-state index in [1.54, 1.807) is 11.8 Å². The molecular weight excluding hydrogens is 484 g/mol. The molecule has 3 aliphatic rings.